The highest BCUT2D eigenvalue weighted by Crippen LogP contribution is 2.20. The van der Waals surface area contributed by atoms with Crippen molar-refractivity contribution in [1.82, 2.24) is 0 Å². The lowest BCUT2D eigenvalue weighted by molar-refractivity contribution is -0.224. The molecule has 0 aliphatic carbocycles. The average molecular weight is 178 g/mol. The van der Waals surface area contributed by atoms with Crippen molar-refractivity contribution in [2.45, 2.75) is 37.4 Å². The van der Waals surface area contributed by atoms with Crippen molar-refractivity contribution in [2.24, 2.45) is 0 Å². The van der Waals surface area contributed by atoms with Gasteiger partial charge in [-0.15, -0.1) is 0 Å². The van der Waals surface area contributed by atoms with Crippen LogP contribution in [0.15, 0.2) is 0 Å². The predicted molar refractivity (Wildman–Crippen MR) is 39.4 cm³/mol. The van der Waals surface area contributed by atoms with Crippen LogP contribution in [-0.2, 0) is 4.74 Å². The molecule has 5 atom stereocenters. The summed E-state index contributed by atoms with van der Waals surface area (Å²) in [4.78, 5) is 0. The van der Waals surface area contributed by atoms with Gasteiger partial charge in [0.1, 0.15) is 24.4 Å². The van der Waals surface area contributed by atoms with Crippen LogP contribution in [-0.4, -0.2) is 57.6 Å². The molecule has 3 unspecified atom stereocenters. The molecule has 1 aliphatic heterocycles. The Labute approximate surface area is 70.2 Å². The molecule has 5 heteroatoms. The van der Waals surface area contributed by atoms with Crippen LogP contribution >= 0.6 is 0 Å². The molecule has 1 rings (SSSR count). The van der Waals surface area contributed by atoms with Crippen molar-refractivity contribution >= 4 is 0 Å². The van der Waals surface area contributed by atoms with Gasteiger partial charge in [0.25, 0.3) is 0 Å². The van der Waals surface area contributed by atoms with E-state index >= 15 is 0 Å². The van der Waals surface area contributed by atoms with E-state index in [1.165, 1.54) is 0 Å². The Balaban J connectivity index is 2.63. The second-order valence-electron chi connectivity index (χ2n) is 3.03. The number of ether oxygens (including phenoxy) is 1. The molecule has 1 saturated heterocycles. The molecule has 0 spiro atoms. The summed E-state index contributed by atoms with van der Waals surface area (Å²) < 4.78 is 5.02. The quantitative estimate of drug-likeness (QED) is 0.367. The number of aliphatic hydroxyl groups excluding tert-OH is 4. The van der Waals surface area contributed by atoms with Gasteiger partial charge in [0.05, 0.1) is 12.7 Å². The van der Waals surface area contributed by atoms with Crippen LogP contribution in [0.25, 0.3) is 0 Å². The number of hydrogen-bond acceptors (Lipinski definition) is 5. The molecule has 0 aromatic carbocycles. The van der Waals surface area contributed by atoms with E-state index in [9.17, 15) is 15.3 Å². The third kappa shape index (κ3) is 1.60. The fourth-order valence-corrected chi connectivity index (χ4v) is 1.29. The molecule has 4 N–H and O–H groups in total. The van der Waals surface area contributed by atoms with Crippen LogP contribution < -0.4 is 0 Å². The van der Waals surface area contributed by atoms with Crippen LogP contribution in [0.2, 0.25) is 0 Å². The molecular weight excluding hydrogens is 164 g/mol. The summed E-state index contributed by atoms with van der Waals surface area (Å²) in [5.74, 6) is 0. The first kappa shape index (κ1) is 9.88. The summed E-state index contributed by atoms with van der Waals surface area (Å²) in [7, 11) is 0. The van der Waals surface area contributed by atoms with E-state index in [1.54, 1.807) is 6.92 Å². The zero-order valence-electron chi connectivity index (χ0n) is 6.79. The number of rotatable bonds is 1. The Morgan fingerprint density at radius 3 is 2.17 bits per heavy atom. The molecule has 0 amide bonds. The first-order chi connectivity index (χ1) is 5.57. The van der Waals surface area contributed by atoms with E-state index in [0.29, 0.717) is 0 Å². The molecule has 0 saturated carbocycles. The average Bonchev–Trinajstić information content (AvgIpc) is 2.08. The maximum atomic E-state index is 9.23. The summed E-state index contributed by atoms with van der Waals surface area (Å²) in [6, 6.07) is 0. The SMILES string of the molecule is C[C@@H]1OC(CO)C(O)C(O)[C@@H]1O. The van der Waals surface area contributed by atoms with Crippen LogP contribution in [0.3, 0.4) is 0 Å². The van der Waals surface area contributed by atoms with Gasteiger partial charge < -0.3 is 25.2 Å². The standard InChI is InChI=1S/C7H14O5/c1-3-5(9)7(11)6(10)4(2-8)12-3/h3-11H,2H2,1H3/t3-,4?,5+,6?,7?/m0/s1. The van der Waals surface area contributed by atoms with Gasteiger partial charge in [0.2, 0.25) is 0 Å². The van der Waals surface area contributed by atoms with Gasteiger partial charge in [-0.2, -0.15) is 0 Å². The molecule has 72 valence electrons. The highest BCUT2D eigenvalue weighted by atomic mass is 16.5. The molecule has 0 aromatic heterocycles. The van der Waals surface area contributed by atoms with Gasteiger partial charge in [-0.1, -0.05) is 0 Å². The van der Waals surface area contributed by atoms with E-state index < -0.39 is 30.5 Å². The maximum absolute atomic E-state index is 9.23. The molecule has 1 aliphatic rings. The second-order valence-corrected chi connectivity index (χ2v) is 3.03. The van der Waals surface area contributed by atoms with E-state index in [0.717, 1.165) is 0 Å². The van der Waals surface area contributed by atoms with E-state index in [-0.39, 0.29) is 6.61 Å². The van der Waals surface area contributed by atoms with Crippen LogP contribution in [0.5, 0.6) is 0 Å². The summed E-state index contributed by atoms with van der Waals surface area (Å²) in [5, 5.41) is 36.4. The third-order valence-electron chi connectivity index (χ3n) is 2.13. The molecule has 5 nitrogen and oxygen atoms in total. The minimum absolute atomic E-state index is 0.366. The second kappa shape index (κ2) is 3.68. The summed E-state index contributed by atoms with van der Waals surface area (Å²) in [6.07, 6.45) is -4.94. The van der Waals surface area contributed by atoms with Gasteiger partial charge in [-0.25, -0.2) is 0 Å². The smallest absolute Gasteiger partial charge is 0.111 e. The largest absolute Gasteiger partial charge is 0.394 e. The van der Waals surface area contributed by atoms with Gasteiger partial charge in [-0.3, -0.25) is 0 Å². The first-order valence-corrected chi connectivity index (χ1v) is 3.88. The molecule has 0 aromatic rings. The molecular formula is C7H14O5. The Hall–Kier alpha value is -0.200. The molecule has 0 bridgehead atoms. The van der Waals surface area contributed by atoms with Gasteiger partial charge in [-0.05, 0) is 6.92 Å². The Bertz CT molecular complexity index is 146. The fraction of sp³-hybridized carbons (Fsp3) is 1.00. The maximum Gasteiger partial charge on any atom is 0.111 e. The van der Waals surface area contributed by atoms with Crippen molar-refractivity contribution in [3.63, 3.8) is 0 Å². The van der Waals surface area contributed by atoms with Crippen molar-refractivity contribution in [3.8, 4) is 0 Å². The normalized spacial score (nSPS) is 49.2. The third-order valence-corrected chi connectivity index (χ3v) is 2.13. The molecule has 1 heterocycles. The van der Waals surface area contributed by atoms with Gasteiger partial charge in [0.15, 0.2) is 0 Å². The Morgan fingerprint density at radius 2 is 1.67 bits per heavy atom. The van der Waals surface area contributed by atoms with Crippen molar-refractivity contribution in [3.05, 3.63) is 0 Å². The van der Waals surface area contributed by atoms with E-state index in [1.807, 2.05) is 0 Å². The van der Waals surface area contributed by atoms with Crippen molar-refractivity contribution in [2.75, 3.05) is 6.61 Å². The highest BCUT2D eigenvalue weighted by molar-refractivity contribution is 4.89. The lowest BCUT2D eigenvalue weighted by Gasteiger charge is -2.38. The number of hydrogen-bond donors (Lipinski definition) is 4. The minimum Gasteiger partial charge on any atom is -0.394 e. The van der Waals surface area contributed by atoms with Crippen molar-refractivity contribution in [1.29, 1.82) is 0 Å². The van der Waals surface area contributed by atoms with E-state index in [2.05, 4.69) is 0 Å². The Morgan fingerprint density at radius 1 is 1.08 bits per heavy atom. The minimum atomic E-state index is -1.24. The van der Waals surface area contributed by atoms with Crippen molar-refractivity contribution < 1.29 is 25.2 Å². The summed E-state index contributed by atoms with van der Waals surface area (Å²) in [6.45, 7) is 1.21. The monoisotopic (exact) mass is 178 g/mol. The highest BCUT2D eigenvalue weighted by Gasteiger charge is 2.41. The number of aliphatic hydroxyl groups is 4. The fourth-order valence-electron chi connectivity index (χ4n) is 1.29. The summed E-state index contributed by atoms with van der Waals surface area (Å²) >= 11 is 0. The molecule has 1 fully saturated rings. The lowest BCUT2D eigenvalue weighted by atomic mass is 9.96. The molecule has 0 radical (unpaired) electrons. The molecule has 12 heavy (non-hydrogen) atoms. The lowest BCUT2D eigenvalue weighted by Crippen LogP contribution is -2.57. The van der Waals surface area contributed by atoms with E-state index in [4.69, 9.17) is 9.84 Å². The van der Waals surface area contributed by atoms with Crippen LogP contribution in [0.4, 0.5) is 0 Å². The topological polar surface area (TPSA) is 90.2 Å². The van der Waals surface area contributed by atoms with Gasteiger partial charge >= 0.3 is 0 Å². The van der Waals surface area contributed by atoms with Gasteiger partial charge in [0, 0.05) is 0 Å². The Kier molecular flexibility index (Phi) is 3.03. The van der Waals surface area contributed by atoms with Crippen LogP contribution in [0.1, 0.15) is 6.92 Å². The zero-order valence-corrected chi connectivity index (χ0v) is 6.79. The first-order valence-electron chi connectivity index (χ1n) is 3.88. The summed E-state index contributed by atoms with van der Waals surface area (Å²) in [5.41, 5.74) is 0. The predicted octanol–water partition coefficient (Wildman–Crippen LogP) is -2.15. The zero-order chi connectivity index (χ0) is 9.30. The van der Waals surface area contributed by atoms with Crippen LogP contribution in [0, 0.1) is 0 Å².